The molecule has 0 aliphatic carbocycles. The van der Waals surface area contributed by atoms with Gasteiger partial charge in [-0.3, -0.25) is 9.80 Å². The predicted molar refractivity (Wildman–Crippen MR) is 256 cm³/mol. The van der Waals surface area contributed by atoms with Crippen molar-refractivity contribution in [3.63, 3.8) is 0 Å². The molecule has 2 aliphatic rings. The monoisotopic (exact) mass is 879 g/mol. The maximum absolute atomic E-state index is 6.69. The van der Waals surface area contributed by atoms with Crippen molar-refractivity contribution >= 4 is 23.2 Å². The molecule has 2 aliphatic heterocycles. The number of ether oxygens (including phenoxy) is 2. The largest absolute Gasteiger partial charge is 0.457 e. The molecule has 0 amide bonds. The molecule has 4 aromatic carbocycles. The number of aromatic nitrogens is 2. The number of hydrogen-bond acceptors (Lipinski definition) is 8. The fourth-order valence-electron chi connectivity index (χ4n) is 9.62. The van der Waals surface area contributed by atoms with E-state index in [9.17, 15) is 0 Å². The number of hydrogen-bond donors (Lipinski definition) is 1. The van der Waals surface area contributed by atoms with Gasteiger partial charge in [0.1, 0.15) is 17.3 Å². The Balaban J connectivity index is 1.14. The van der Waals surface area contributed by atoms with E-state index < -0.39 is 0 Å². The number of piperidine rings is 1. The second-order valence-corrected chi connectivity index (χ2v) is 19.1. The van der Waals surface area contributed by atoms with Crippen LogP contribution in [0.25, 0.3) is 11.3 Å². The molecule has 1 aromatic heterocycles. The highest BCUT2D eigenvalue weighted by atomic mass is 35.5. The number of nitrogens with one attached hydrogen (secondary N) is 1. The molecule has 0 radical (unpaired) electrons. The normalized spacial score (nSPS) is 23.3. The first kappa shape index (κ1) is 46.2. The summed E-state index contributed by atoms with van der Waals surface area (Å²) in [5.74, 6) is 3.06. The molecule has 1 unspecified atom stereocenters. The van der Waals surface area contributed by atoms with Crippen molar-refractivity contribution in [3.8, 4) is 22.8 Å². The molecule has 7 rings (SSSR count). The number of fused-ring (bicyclic) bond motifs is 2. The van der Waals surface area contributed by atoms with Gasteiger partial charge in [0.05, 0.1) is 25.0 Å². The second-order valence-electron chi connectivity index (χ2n) is 18.2. The van der Waals surface area contributed by atoms with E-state index in [0.29, 0.717) is 17.5 Å². The summed E-state index contributed by atoms with van der Waals surface area (Å²) in [5, 5.41) is 5.42. The Labute approximate surface area is 380 Å². The summed E-state index contributed by atoms with van der Waals surface area (Å²) < 4.78 is 14.7. The van der Waals surface area contributed by atoms with Gasteiger partial charge in [-0.15, -0.1) is 0 Å². The third-order valence-corrected chi connectivity index (χ3v) is 13.6. The fourth-order valence-corrected chi connectivity index (χ4v) is 9.90. The molecule has 0 spiro atoms. The first-order valence-corrected chi connectivity index (χ1v) is 23.1. The average Bonchev–Trinajstić information content (AvgIpc) is 3.61. The Morgan fingerprint density at radius 3 is 2.39 bits per heavy atom. The van der Waals surface area contributed by atoms with Crippen LogP contribution < -0.4 is 10.1 Å². The summed E-state index contributed by atoms with van der Waals surface area (Å²) in [6.07, 6.45) is 7.39. The zero-order chi connectivity index (χ0) is 43.6. The van der Waals surface area contributed by atoms with Gasteiger partial charge >= 0.3 is 0 Å². The molecule has 332 valence electrons. The van der Waals surface area contributed by atoms with E-state index >= 15 is 0 Å². The first-order chi connectivity index (χ1) is 30.0. The zero-order valence-corrected chi connectivity index (χ0v) is 39.2. The van der Waals surface area contributed by atoms with Crippen LogP contribution in [0.2, 0.25) is 10.0 Å². The zero-order valence-electron chi connectivity index (χ0n) is 37.7. The number of methoxy groups -OCH3 is 1. The molecule has 2 fully saturated rings. The number of rotatable bonds is 13. The third kappa shape index (κ3) is 12.3. The van der Waals surface area contributed by atoms with Crippen molar-refractivity contribution in [1.29, 1.82) is 0 Å². The second kappa shape index (κ2) is 21.7. The van der Waals surface area contributed by atoms with Gasteiger partial charge in [0.15, 0.2) is 0 Å². The van der Waals surface area contributed by atoms with Gasteiger partial charge < -0.3 is 29.2 Å². The molecule has 1 N–H and O–H groups in total. The van der Waals surface area contributed by atoms with Crippen LogP contribution in [0.1, 0.15) is 48.7 Å². The molecular formula is C51H67Cl2N7O2. The predicted octanol–water partition coefficient (Wildman–Crippen LogP) is 9.31. The van der Waals surface area contributed by atoms with E-state index in [4.69, 9.17) is 32.7 Å². The lowest BCUT2D eigenvalue weighted by Gasteiger charge is -2.50. The highest BCUT2D eigenvalue weighted by Gasteiger charge is 2.40. The van der Waals surface area contributed by atoms with Crippen molar-refractivity contribution in [2.45, 2.75) is 69.7 Å². The van der Waals surface area contributed by atoms with Crippen LogP contribution in [-0.4, -0.2) is 121 Å². The van der Waals surface area contributed by atoms with Gasteiger partial charge in [-0.05, 0) is 139 Å². The van der Waals surface area contributed by atoms with Gasteiger partial charge in [0.25, 0.3) is 0 Å². The van der Waals surface area contributed by atoms with Crippen molar-refractivity contribution in [3.05, 3.63) is 136 Å². The number of halogens is 2. The molecule has 11 heteroatoms. The van der Waals surface area contributed by atoms with Crippen molar-refractivity contribution in [2.75, 3.05) is 74.1 Å². The SMILES string of the molecule is COC[C@@H]1CN(C)[C@@]2(Cc3ccc(Cl)cc3)CCCN(C[C@H](Cc3ccccc3)CCN(Cc3ccc(Cl)cc3Oc3ccc(-c4cnc(CN(C)C)n4C)cc3)[C@@H](C)CN1)C2. The average molecular weight is 881 g/mol. The van der Waals surface area contributed by atoms with E-state index in [-0.39, 0.29) is 17.6 Å². The lowest BCUT2D eigenvalue weighted by Crippen LogP contribution is -2.62. The van der Waals surface area contributed by atoms with E-state index in [1.165, 1.54) is 17.5 Å². The minimum atomic E-state index is -0.00185. The van der Waals surface area contributed by atoms with Crippen molar-refractivity contribution < 1.29 is 9.47 Å². The molecule has 62 heavy (non-hydrogen) atoms. The van der Waals surface area contributed by atoms with Crippen LogP contribution in [0.5, 0.6) is 11.5 Å². The molecule has 0 saturated carbocycles. The summed E-state index contributed by atoms with van der Waals surface area (Å²) in [4.78, 5) is 14.9. The van der Waals surface area contributed by atoms with Gasteiger partial charge in [-0.2, -0.15) is 0 Å². The fraction of sp³-hybridized carbons (Fsp3) is 0.471. The minimum absolute atomic E-state index is 0.00185. The quantitative estimate of drug-likeness (QED) is 0.126. The number of benzene rings is 4. The standard InChI is InChI=1S/C51H67Cl2N7O2/c1-38-30-54-46(36-61-6)34-57(4)51(29-40-13-18-44(52)19-14-40)24-10-25-59(37-51)32-41(27-39-11-8-7-9-12-39)23-26-60(38)33-43-15-20-45(53)28-49(43)62-47-21-16-42(17-22-47)48-31-55-50(58(48)5)35-56(2)3/h7-9,11-22,28,31,38,41,46,54H,10,23-27,29-30,32-37H2,1-6H3/t38-,41-,46-,51+/m0/s1. The summed E-state index contributed by atoms with van der Waals surface area (Å²) in [6, 6.07) is 34.4. The molecular weight excluding hydrogens is 814 g/mol. The maximum atomic E-state index is 6.69. The Bertz CT molecular complexity index is 2150. The van der Waals surface area contributed by atoms with Gasteiger partial charge in [0, 0.05) is 85.7 Å². The smallest absolute Gasteiger partial charge is 0.133 e. The molecule has 3 heterocycles. The van der Waals surface area contributed by atoms with Gasteiger partial charge in [-0.1, -0.05) is 71.7 Å². The van der Waals surface area contributed by atoms with Gasteiger partial charge in [-0.25, -0.2) is 4.98 Å². The van der Waals surface area contributed by atoms with E-state index in [1.807, 2.05) is 49.7 Å². The van der Waals surface area contributed by atoms with Crippen LogP contribution >= 0.6 is 23.2 Å². The van der Waals surface area contributed by atoms with Crippen LogP contribution in [0.3, 0.4) is 0 Å². The van der Waals surface area contributed by atoms with Crippen LogP contribution in [0.4, 0.5) is 0 Å². The van der Waals surface area contributed by atoms with Crippen molar-refractivity contribution in [1.82, 2.24) is 34.5 Å². The molecule has 2 saturated heterocycles. The van der Waals surface area contributed by atoms with E-state index in [2.05, 4.69) is 130 Å². The van der Waals surface area contributed by atoms with Gasteiger partial charge in [0.2, 0.25) is 0 Å². The minimum Gasteiger partial charge on any atom is -0.457 e. The Hall–Kier alpha value is -3.77. The Morgan fingerprint density at radius 1 is 0.887 bits per heavy atom. The molecule has 5 aromatic rings. The number of nitrogens with zero attached hydrogens (tertiary/aromatic N) is 6. The Kier molecular flexibility index (Phi) is 16.2. The number of likely N-dealkylation sites (N-methyl/N-ethyl adjacent to an activating group) is 1. The van der Waals surface area contributed by atoms with E-state index in [1.54, 1.807) is 0 Å². The summed E-state index contributed by atoms with van der Waals surface area (Å²) >= 11 is 13.0. The molecule has 2 bridgehead atoms. The maximum Gasteiger partial charge on any atom is 0.133 e. The Morgan fingerprint density at radius 2 is 1.65 bits per heavy atom. The van der Waals surface area contributed by atoms with E-state index in [0.717, 1.165) is 117 Å². The summed E-state index contributed by atoms with van der Waals surface area (Å²) in [5.41, 5.74) is 6.02. The lowest BCUT2D eigenvalue weighted by atomic mass is 9.80. The molecule has 9 nitrogen and oxygen atoms in total. The number of imidazole rings is 1. The summed E-state index contributed by atoms with van der Waals surface area (Å²) in [7, 11) is 10.3. The molecule has 5 atom stereocenters. The topological polar surface area (TPSA) is 61.3 Å². The lowest BCUT2D eigenvalue weighted by molar-refractivity contribution is 0.00662. The third-order valence-electron chi connectivity index (χ3n) is 13.1. The summed E-state index contributed by atoms with van der Waals surface area (Å²) in [6.45, 7) is 10.4. The van der Waals surface area contributed by atoms with Crippen molar-refractivity contribution in [2.24, 2.45) is 13.0 Å². The van der Waals surface area contributed by atoms with Crippen LogP contribution in [0, 0.1) is 5.92 Å². The van der Waals surface area contributed by atoms with Crippen LogP contribution in [0.15, 0.2) is 103 Å². The highest BCUT2D eigenvalue weighted by Crippen LogP contribution is 2.35. The first-order valence-electron chi connectivity index (χ1n) is 22.4. The highest BCUT2D eigenvalue weighted by molar-refractivity contribution is 6.31. The van der Waals surface area contributed by atoms with Crippen LogP contribution in [-0.2, 0) is 37.7 Å².